The monoisotopic (exact) mass is 601 g/mol. The molecule has 0 saturated heterocycles. The van der Waals surface area contributed by atoms with E-state index in [0.29, 0.717) is 40.3 Å². The van der Waals surface area contributed by atoms with E-state index in [0.717, 1.165) is 5.56 Å². The molecular formula is C36H31N3O6. The Kier molecular flexibility index (Phi) is 8.99. The van der Waals surface area contributed by atoms with Crippen molar-refractivity contribution in [2.75, 3.05) is 5.32 Å². The van der Waals surface area contributed by atoms with Crippen LogP contribution in [0.25, 0.3) is 22.4 Å². The van der Waals surface area contributed by atoms with E-state index < -0.39 is 22.4 Å². The normalized spacial score (nSPS) is 11.0. The lowest BCUT2D eigenvalue weighted by Gasteiger charge is -2.23. The lowest BCUT2D eigenvalue weighted by molar-refractivity contribution is -0.384. The first-order chi connectivity index (χ1) is 21.6. The number of anilines is 1. The average Bonchev–Trinajstić information content (AvgIpc) is 3.03. The number of ether oxygens (including phenoxy) is 2. The number of nitro groups is 1. The summed E-state index contributed by atoms with van der Waals surface area (Å²) in [7, 11) is 0. The van der Waals surface area contributed by atoms with Crippen LogP contribution in [0, 0.1) is 10.1 Å². The average molecular weight is 602 g/mol. The van der Waals surface area contributed by atoms with Gasteiger partial charge in [0.25, 0.3) is 11.6 Å². The number of nitrogens with zero attached hydrogens (tertiary/aromatic N) is 2. The molecule has 5 aromatic rings. The maximum absolute atomic E-state index is 13.8. The maximum atomic E-state index is 13.8. The molecule has 45 heavy (non-hydrogen) atoms. The zero-order valence-electron chi connectivity index (χ0n) is 25.0. The van der Waals surface area contributed by atoms with E-state index in [4.69, 9.17) is 14.5 Å². The van der Waals surface area contributed by atoms with Crippen molar-refractivity contribution in [1.29, 1.82) is 0 Å². The highest BCUT2D eigenvalue weighted by molar-refractivity contribution is 6.10. The van der Waals surface area contributed by atoms with Crippen LogP contribution in [0.15, 0.2) is 115 Å². The molecule has 9 heteroatoms. The molecular weight excluding hydrogens is 570 g/mol. The predicted molar refractivity (Wildman–Crippen MR) is 172 cm³/mol. The molecule has 0 radical (unpaired) electrons. The highest BCUT2D eigenvalue weighted by Gasteiger charge is 2.28. The topological polar surface area (TPSA) is 121 Å². The number of pyridine rings is 1. The van der Waals surface area contributed by atoms with E-state index in [-0.39, 0.29) is 17.1 Å². The lowest BCUT2D eigenvalue weighted by Crippen LogP contribution is -2.26. The van der Waals surface area contributed by atoms with E-state index in [1.807, 2.05) is 48.5 Å². The molecule has 0 fully saturated rings. The Hall–Kier alpha value is -5.83. The number of hydrogen-bond acceptors (Lipinski definition) is 7. The van der Waals surface area contributed by atoms with Gasteiger partial charge < -0.3 is 14.8 Å². The molecule has 9 nitrogen and oxygen atoms in total. The summed E-state index contributed by atoms with van der Waals surface area (Å²) in [5.74, 6) is -0.789. The predicted octanol–water partition coefficient (Wildman–Crippen LogP) is 8.11. The van der Waals surface area contributed by atoms with Crippen LogP contribution in [-0.4, -0.2) is 27.4 Å². The number of rotatable bonds is 9. The summed E-state index contributed by atoms with van der Waals surface area (Å²) >= 11 is 0. The van der Waals surface area contributed by atoms with Crippen molar-refractivity contribution in [1.82, 2.24) is 4.98 Å². The van der Waals surface area contributed by atoms with Crippen LogP contribution >= 0.6 is 0 Å². The molecule has 5 rings (SSSR count). The third-order valence-corrected chi connectivity index (χ3v) is 6.66. The van der Waals surface area contributed by atoms with Gasteiger partial charge in [0.1, 0.15) is 29.3 Å². The number of benzene rings is 4. The molecule has 226 valence electrons. The SMILES string of the molecule is CC(C)(C)OC(=O)c1c(-c2cccc([N+](=O)[O-])c2)cc(-c2ccccc2OCc2ccccc2)nc1NC(=O)c1ccccc1. The Labute approximate surface area is 260 Å². The fraction of sp³-hybridized carbons (Fsp3) is 0.139. The molecule has 1 aromatic heterocycles. The minimum atomic E-state index is -0.881. The summed E-state index contributed by atoms with van der Waals surface area (Å²) in [4.78, 5) is 43.2. The first kappa shape index (κ1) is 30.6. The fourth-order valence-corrected chi connectivity index (χ4v) is 4.63. The highest BCUT2D eigenvalue weighted by Crippen LogP contribution is 2.38. The molecule has 0 aliphatic heterocycles. The van der Waals surface area contributed by atoms with Gasteiger partial charge in [-0.2, -0.15) is 0 Å². The highest BCUT2D eigenvalue weighted by atomic mass is 16.6. The second-order valence-electron chi connectivity index (χ2n) is 11.2. The number of para-hydroxylation sites is 1. The molecule has 0 spiro atoms. The molecule has 1 heterocycles. The Morgan fingerprint density at radius 1 is 0.822 bits per heavy atom. The van der Waals surface area contributed by atoms with Gasteiger partial charge in [-0.3, -0.25) is 14.9 Å². The minimum absolute atomic E-state index is 0.0406. The van der Waals surface area contributed by atoms with Crippen LogP contribution in [-0.2, 0) is 11.3 Å². The van der Waals surface area contributed by atoms with Crippen molar-refractivity contribution in [3.8, 4) is 28.1 Å². The van der Waals surface area contributed by atoms with Gasteiger partial charge in [0, 0.05) is 28.8 Å². The Balaban J connectivity index is 1.72. The Bertz CT molecular complexity index is 1850. The standard InChI is InChI=1S/C36H31N3O6/c1-36(2,3)45-35(41)32-29(26-17-12-18-27(21-26)39(42)43)22-30(37-33(32)38-34(40)25-15-8-5-9-16-25)28-19-10-11-20-31(28)44-23-24-13-6-4-7-14-24/h4-22H,23H2,1-3H3,(H,37,38,40). The van der Waals surface area contributed by atoms with E-state index in [9.17, 15) is 19.7 Å². The maximum Gasteiger partial charge on any atom is 0.343 e. The number of non-ortho nitro benzene ring substituents is 1. The van der Waals surface area contributed by atoms with Gasteiger partial charge in [-0.05, 0) is 62.2 Å². The number of aromatic nitrogens is 1. The molecule has 0 unspecified atom stereocenters. The van der Waals surface area contributed by atoms with Crippen molar-refractivity contribution in [2.45, 2.75) is 33.0 Å². The molecule has 1 N–H and O–H groups in total. The van der Waals surface area contributed by atoms with Gasteiger partial charge in [-0.25, -0.2) is 9.78 Å². The summed E-state index contributed by atoms with van der Waals surface area (Å²) in [6, 6.07) is 33.0. The third-order valence-electron chi connectivity index (χ3n) is 6.66. The van der Waals surface area contributed by atoms with Gasteiger partial charge in [-0.1, -0.05) is 72.8 Å². The zero-order valence-corrected chi connectivity index (χ0v) is 25.0. The quantitative estimate of drug-likeness (QED) is 0.103. The number of nitro benzene ring substituents is 1. The van der Waals surface area contributed by atoms with Crippen molar-refractivity contribution >= 4 is 23.4 Å². The molecule has 0 aliphatic rings. The molecule has 0 saturated carbocycles. The molecule has 0 aliphatic carbocycles. The molecule has 0 bridgehead atoms. The van der Waals surface area contributed by atoms with Crippen LogP contribution in [0.4, 0.5) is 11.5 Å². The van der Waals surface area contributed by atoms with Crippen LogP contribution in [0.3, 0.4) is 0 Å². The summed E-state index contributed by atoms with van der Waals surface area (Å²) in [5, 5.41) is 14.5. The molecule has 1 amide bonds. The lowest BCUT2D eigenvalue weighted by atomic mass is 9.96. The fourth-order valence-electron chi connectivity index (χ4n) is 4.63. The van der Waals surface area contributed by atoms with Gasteiger partial charge in [0.05, 0.1) is 10.6 Å². The summed E-state index contributed by atoms with van der Waals surface area (Å²) < 4.78 is 12.0. The van der Waals surface area contributed by atoms with Crippen LogP contribution in [0.5, 0.6) is 5.75 Å². The Morgan fingerprint density at radius 2 is 1.49 bits per heavy atom. The van der Waals surface area contributed by atoms with Crippen LogP contribution in [0.2, 0.25) is 0 Å². The first-order valence-corrected chi connectivity index (χ1v) is 14.2. The van der Waals surface area contributed by atoms with E-state index in [1.54, 1.807) is 69.3 Å². The summed E-state index contributed by atoms with van der Waals surface area (Å²) in [5.41, 5.74) is 1.85. The number of carbonyl (C=O) groups excluding carboxylic acids is 2. The second kappa shape index (κ2) is 13.2. The molecule has 4 aromatic carbocycles. The smallest absolute Gasteiger partial charge is 0.343 e. The number of amides is 1. The van der Waals surface area contributed by atoms with Crippen LogP contribution in [0.1, 0.15) is 47.1 Å². The largest absolute Gasteiger partial charge is 0.488 e. The minimum Gasteiger partial charge on any atom is -0.488 e. The van der Waals surface area contributed by atoms with E-state index in [2.05, 4.69) is 5.32 Å². The second-order valence-corrected chi connectivity index (χ2v) is 11.2. The Morgan fingerprint density at radius 3 is 2.18 bits per heavy atom. The summed E-state index contributed by atoms with van der Waals surface area (Å²) in [6.07, 6.45) is 0. The van der Waals surface area contributed by atoms with Crippen LogP contribution < -0.4 is 10.1 Å². The van der Waals surface area contributed by atoms with Crippen molar-refractivity contribution < 1.29 is 24.0 Å². The molecule has 0 atom stereocenters. The van der Waals surface area contributed by atoms with Gasteiger partial charge in [0.15, 0.2) is 0 Å². The van der Waals surface area contributed by atoms with Gasteiger partial charge in [-0.15, -0.1) is 0 Å². The number of nitrogens with one attached hydrogen (secondary N) is 1. The zero-order chi connectivity index (χ0) is 32.0. The number of hydrogen-bond donors (Lipinski definition) is 1. The van der Waals surface area contributed by atoms with Crippen molar-refractivity contribution in [3.63, 3.8) is 0 Å². The number of esters is 1. The van der Waals surface area contributed by atoms with E-state index in [1.165, 1.54) is 18.2 Å². The summed E-state index contributed by atoms with van der Waals surface area (Å²) in [6.45, 7) is 5.47. The van der Waals surface area contributed by atoms with Gasteiger partial charge in [0.2, 0.25) is 0 Å². The van der Waals surface area contributed by atoms with Gasteiger partial charge >= 0.3 is 5.97 Å². The van der Waals surface area contributed by atoms with Crippen molar-refractivity contribution in [2.24, 2.45) is 0 Å². The first-order valence-electron chi connectivity index (χ1n) is 14.2. The van der Waals surface area contributed by atoms with Crippen molar-refractivity contribution in [3.05, 3.63) is 142 Å². The van der Waals surface area contributed by atoms with E-state index >= 15 is 0 Å². The number of carbonyl (C=O) groups is 2. The third kappa shape index (κ3) is 7.58.